The second-order valence-corrected chi connectivity index (χ2v) is 4.73. The van der Waals surface area contributed by atoms with Crippen LogP contribution in [0.2, 0.25) is 0 Å². The fourth-order valence-corrected chi connectivity index (χ4v) is 1.99. The van der Waals surface area contributed by atoms with E-state index in [4.69, 9.17) is 0 Å². The van der Waals surface area contributed by atoms with Crippen molar-refractivity contribution in [3.05, 3.63) is 42.2 Å². The van der Waals surface area contributed by atoms with E-state index in [1.807, 2.05) is 6.92 Å². The zero-order valence-electron chi connectivity index (χ0n) is 9.33. The number of Topliss-reactive ketones (excluding diaryl/α,β-unsaturated/α-hetero) is 1. The molecule has 0 aliphatic carbocycles. The van der Waals surface area contributed by atoms with Gasteiger partial charge in [-0.2, -0.15) is 0 Å². The third kappa shape index (κ3) is 4.62. The Bertz CT molecular complexity index is 387. The lowest BCUT2D eigenvalue weighted by molar-refractivity contribution is -0.116. The second kappa shape index (κ2) is 6.48. The number of thioether (sulfide) groups is 1. The van der Waals surface area contributed by atoms with Gasteiger partial charge in [0.05, 0.1) is 5.75 Å². The van der Waals surface area contributed by atoms with Crippen molar-refractivity contribution in [3.8, 4) is 0 Å². The molecule has 1 aromatic rings. The van der Waals surface area contributed by atoms with Crippen LogP contribution >= 0.6 is 11.8 Å². The third-order valence-corrected chi connectivity index (χ3v) is 3.16. The molecule has 16 heavy (non-hydrogen) atoms. The van der Waals surface area contributed by atoms with Crippen molar-refractivity contribution < 1.29 is 9.18 Å². The molecular formula is C13H15FOS. The average molecular weight is 238 g/mol. The Morgan fingerprint density at radius 2 is 2.06 bits per heavy atom. The summed E-state index contributed by atoms with van der Waals surface area (Å²) < 4.78 is 13.2. The van der Waals surface area contributed by atoms with Crippen LogP contribution in [-0.2, 0) is 4.79 Å². The lowest BCUT2D eigenvalue weighted by Gasteiger charge is -2.02. The monoisotopic (exact) mass is 238 g/mol. The van der Waals surface area contributed by atoms with Crippen molar-refractivity contribution >= 4 is 17.5 Å². The number of halogens is 1. The minimum absolute atomic E-state index is 0.135. The van der Waals surface area contributed by atoms with Gasteiger partial charge in [0.1, 0.15) is 11.6 Å². The molecule has 0 radical (unpaired) electrons. The molecule has 0 saturated heterocycles. The standard InChI is InChI=1S/C13H15FOS/c1-10(2)7-8-11(15)9-16-13-6-4-3-5-12(13)14/h3-6H,1,7-9H2,2H3. The van der Waals surface area contributed by atoms with E-state index in [9.17, 15) is 9.18 Å². The van der Waals surface area contributed by atoms with Crippen LogP contribution in [0, 0.1) is 5.82 Å². The van der Waals surface area contributed by atoms with Gasteiger partial charge in [0, 0.05) is 11.3 Å². The molecule has 0 spiro atoms. The highest BCUT2D eigenvalue weighted by Gasteiger charge is 2.06. The molecule has 1 nitrogen and oxygen atoms in total. The first-order valence-corrected chi connectivity index (χ1v) is 6.11. The fraction of sp³-hybridized carbons (Fsp3) is 0.308. The number of benzene rings is 1. The van der Waals surface area contributed by atoms with Gasteiger partial charge in [0.2, 0.25) is 0 Å². The fourth-order valence-electron chi connectivity index (χ4n) is 1.15. The van der Waals surface area contributed by atoms with Gasteiger partial charge < -0.3 is 0 Å². The quantitative estimate of drug-likeness (QED) is 0.553. The smallest absolute Gasteiger partial charge is 0.143 e. The largest absolute Gasteiger partial charge is 0.299 e. The van der Waals surface area contributed by atoms with E-state index >= 15 is 0 Å². The van der Waals surface area contributed by atoms with E-state index in [0.717, 1.165) is 12.0 Å². The lowest BCUT2D eigenvalue weighted by atomic mass is 10.1. The van der Waals surface area contributed by atoms with Crippen LogP contribution in [-0.4, -0.2) is 11.5 Å². The van der Waals surface area contributed by atoms with Gasteiger partial charge in [-0.3, -0.25) is 4.79 Å². The van der Waals surface area contributed by atoms with E-state index in [-0.39, 0.29) is 11.6 Å². The maximum absolute atomic E-state index is 13.2. The van der Waals surface area contributed by atoms with Crippen LogP contribution in [0.3, 0.4) is 0 Å². The van der Waals surface area contributed by atoms with Crippen LogP contribution in [0.1, 0.15) is 19.8 Å². The predicted molar refractivity (Wildman–Crippen MR) is 66.2 cm³/mol. The summed E-state index contributed by atoms with van der Waals surface area (Å²) in [6.07, 6.45) is 1.22. The first-order chi connectivity index (χ1) is 7.59. The number of hydrogen-bond acceptors (Lipinski definition) is 2. The third-order valence-electron chi connectivity index (χ3n) is 2.06. The van der Waals surface area contributed by atoms with Gasteiger partial charge in [0.25, 0.3) is 0 Å². The topological polar surface area (TPSA) is 17.1 Å². The molecule has 1 aromatic carbocycles. The molecule has 1 rings (SSSR count). The molecule has 0 aromatic heterocycles. The zero-order chi connectivity index (χ0) is 12.0. The van der Waals surface area contributed by atoms with Crippen molar-refractivity contribution in [2.75, 3.05) is 5.75 Å². The minimum Gasteiger partial charge on any atom is -0.299 e. The Balaban J connectivity index is 2.37. The Morgan fingerprint density at radius 3 is 2.69 bits per heavy atom. The molecule has 86 valence electrons. The Hall–Kier alpha value is -1.09. The molecule has 0 N–H and O–H groups in total. The maximum atomic E-state index is 13.2. The molecule has 0 amide bonds. The van der Waals surface area contributed by atoms with Gasteiger partial charge in [-0.1, -0.05) is 17.7 Å². The molecular weight excluding hydrogens is 223 g/mol. The lowest BCUT2D eigenvalue weighted by Crippen LogP contribution is -2.01. The predicted octanol–water partition coefficient (Wildman–Crippen LogP) is 3.84. The first kappa shape index (κ1) is 13.0. The zero-order valence-corrected chi connectivity index (χ0v) is 10.1. The number of ketones is 1. The molecule has 0 aliphatic heterocycles. The highest BCUT2D eigenvalue weighted by atomic mass is 32.2. The van der Waals surface area contributed by atoms with Gasteiger partial charge in [-0.05, 0) is 25.5 Å². The van der Waals surface area contributed by atoms with Crippen LogP contribution < -0.4 is 0 Å². The molecule has 0 fully saturated rings. The van der Waals surface area contributed by atoms with Gasteiger partial charge in [-0.25, -0.2) is 4.39 Å². The summed E-state index contributed by atoms with van der Waals surface area (Å²) in [7, 11) is 0. The number of allylic oxidation sites excluding steroid dienone is 1. The average Bonchev–Trinajstić information content (AvgIpc) is 2.25. The van der Waals surface area contributed by atoms with Crippen LogP contribution in [0.15, 0.2) is 41.3 Å². The van der Waals surface area contributed by atoms with Gasteiger partial charge in [0.15, 0.2) is 0 Å². The summed E-state index contributed by atoms with van der Waals surface area (Å²) in [5.74, 6) is 0.199. The van der Waals surface area contributed by atoms with E-state index in [1.54, 1.807) is 18.2 Å². The molecule has 0 heterocycles. The molecule has 0 atom stereocenters. The molecule has 0 aliphatic rings. The number of rotatable bonds is 6. The van der Waals surface area contributed by atoms with Crippen molar-refractivity contribution in [3.63, 3.8) is 0 Å². The van der Waals surface area contributed by atoms with Gasteiger partial charge in [-0.15, -0.1) is 18.3 Å². The van der Waals surface area contributed by atoms with Crippen LogP contribution in [0.4, 0.5) is 4.39 Å². The summed E-state index contributed by atoms with van der Waals surface area (Å²) in [4.78, 5) is 12.0. The van der Waals surface area contributed by atoms with Crippen molar-refractivity contribution in [2.24, 2.45) is 0 Å². The van der Waals surface area contributed by atoms with E-state index in [1.165, 1.54) is 17.8 Å². The Labute approximate surface area is 99.7 Å². The molecule has 3 heteroatoms. The van der Waals surface area contributed by atoms with E-state index in [0.29, 0.717) is 17.1 Å². The Kier molecular flexibility index (Phi) is 5.26. The summed E-state index contributed by atoms with van der Waals surface area (Å²) >= 11 is 1.25. The molecule has 0 saturated carbocycles. The van der Waals surface area contributed by atoms with Crippen LogP contribution in [0.5, 0.6) is 0 Å². The second-order valence-electron chi connectivity index (χ2n) is 3.71. The highest BCUT2D eigenvalue weighted by molar-refractivity contribution is 8.00. The number of carbonyl (C=O) groups is 1. The first-order valence-electron chi connectivity index (χ1n) is 5.13. The van der Waals surface area contributed by atoms with E-state index < -0.39 is 0 Å². The van der Waals surface area contributed by atoms with Gasteiger partial charge >= 0.3 is 0 Å². The van der Waals surface area contributed by atoms with Crippen molar-refractivity contribution in [1.82, 2.24) is 0 Å². The molecule has 0 bridgehead atoms. The molecule has 0 unspecified atom stereocenters. The van der Waals surface area contributed by atoms with E-state index in [2.05, 4.69) is 6.58 Å². The number of hydrogen-bond donors (Lipinski definition) is 0. The summed E-state index contributed by atoms with van der Waals surface area (Å²) in [6, 6.07) is 6.50. The maximum Gasteiger partial charge on any atom is 0.143 e. The highest BCUT2D eigenvalue weighted by Crippen LogP contribution is 2.21. The SMILES string of the molecule is C=C(C)CCC(=O)CSc1ccccc1F. The normalized spacial score (nSPS) is 10.1. The minimum atomic E-state index is -0.264. The van der Waals surface area contributed by atoms with Crippen molar-refractivity contribution in [2.45, 2.75) is 24.7 Å². The number of carbonyl (C=O) groups excluding carboxylic acids is 1. The summed E-state index contributed by atoms with van der Waals surface area (Å²) in [6.45, 7) is 5.64. The summed E-state index contributed by atoms with van der Waals surface area (Å²) in [5, 5.41) is 0. The Morgan fingerprint density at radius 1 is 1.38 bits per heavy atom. The van der Waals surface area contributed by atoms with Crippen molar-refractivity contribution in [1.29, 1.82) is 0 Å². The van der Waals surface area contributed by atoms with Crippen LogP contribution in [0.25, 0.3) is 0 Å². The summed E-state index contributed by atoms with van der Waals surface area (Å²) in [5.41, 5.74) is 1.00.